The van der Waals surface area contributed by atoms with Crippen molar-refractivity contribution in [1.29, 1.82) is 0 Å². The normalized spacial score (nSPS) is 55.7. The first-order valence-electron chi connectivity index (χ1n) is 11.7. The lowest BCUT2D eigenvalue weighted by atomic mass is 9.34. The van der Waals surface area contributed by atoms with Crippen LogP contribution in [0.5, 0.6) is 0 Å². The highest BCUT2D eigenvalue weighted by molar-refractivity contribution is 5.91. The molecule has 4 aliphatic carbocycles. The predicted molar refractivity (Wildman–Crippen MR) is 111 cm³/mol. The van der Waals surface area contributed by atoms with E-state index < -0.39 is 29.7 Å². The molecular formula is C25H38O4. The van der Waals surface area contributed by atoms with E-state index in [2.05, 4.69) is 34.6 Å². The average molecular weight is 403 g/mol. The highest BCUT2D eigenvalue weighted by atomic mass is 16.6. The molecule has 4 fully saturated rings. The lowest BCUT2D eigenvalue weighted by Gasteiger charge is -2.70. The van der Waals surface area contributed by atoms with Crippen LogP contribution in [0.4, 0.5) is 0 Å². The minimum Gasteiger partial charge on any atom is -0.432 e. The summed E-state index contributed by atoms with van der Waals surface area (Å²) < 4.78 is 5.21. The standard InChI is InChI=1S/C25H38O4/c1-22(2)10-6-11-23(3)15(22)9-12-24(4)16-8-7-14-19(21(28)29-20(14)27)25(16,5)18(26)13-17(23)24/h7,15-19,21,26,28H,6,8-13H2,1-5H3/t15-,16-,17+,18-,19+,21-,23-,24-,25+/m0/s1. The lowest BCUT2D eigenvalue weighted by molar-refractivity contribution is -0.247. The number of hydrogen-bond donors (Lipinski definition) is 2. The number of rotatable bonds is 0. The summed E-state index contributed by atoms with van der Waals surface area (Å²) in [5.41, 5.74) is 0.799. The molecule has 4 nitrogen and oxygen atoms in total. The van der Waals surface area contributed by atoms with Crippen molar-refractivity contribution in [1.82, 2.24) is 0 Å². The molecule has 0 spiro atoms. The highest BCUT2D eigenvalue weighted by Gasteiger charge is 2.70. The number of cyclic esters (lactones) is 1. The molecule has 3 saturated carbocycles. The van der Waals surface area contributed by atoms with Gasteiger partial charge in [-0.2, -0.15) is 0 Å². The molecule has 0 amide bonds. The van der Waals surface area contributed by atoms with Gasteiger partial charge in [0.2, 0.25) is 6.29 Å². The van der Waals surface area contributed by atoms with Gasteiger partial charge in [0.05, 0.1) is 12.0 Å². The second kappa shape index (κ2) is 5.88. The number of esters is 1. The van der Waals surface area contributed by atoms with Crippen LogP contribution in [0.3, 0.4) is 0 Å². The first-order valence-corrected chi connectivity index (χ1v) is 11.7. The fraction of sp³-hybridized carbons (Fsp3) is 0.880. The number of ether oxygens (including phenoxy) is 1. The Kier molecular flexibility index (Phi) is 4.07. The molecule has 9 atom stereocenters. The Morgan fingerprint density at radius 3 is 2.38 bits per heavy atom. The predicted octanol–water partition coefficient (Wildman–Crippen LogP) is 4.44. The van der Waals surface area contributed by atoms with Gasteiger partial charge < -0.3 is 14.9 Å². The van der Waals surface area contributed by atoms with E-state index >= 15 is 0 Å². The summed E-state index contributed by atoms with van der Waals surface area (Å²) >= 11 is 0. The van der Waals surface area contributed by atoms with Crippen LogP contribution in [-0.2, 0) is 9.53 Å². The van der Waals surface area contributed by atoms with E-state index in [9.17, 15) is 15.0 Å². The van der Waals surface area contributed by atoms with E-state index in [0.717, 1.165) is 12.8 Å². The minimum atomic E-state index is -1.13. The molecule has 1 aliphatic heterocycles. The molecule has 0 aromatic heterocycles. The Bertz CT molecular complexity index is 771. The van der Waals surface area contributed by atoms with Crippen molar-refractivity contribution >= 4 is 5.97 Å². The second-order valence-corrected chi connectivity index (χ2v) is 12.3. The van der Waals surface area contributed by atoms with E-state index in [-0.39, 0.29) is 16.7 Å². The van der Waals surface area contributed by atoms with Crippen LogP contribution in [0, 0.1) is 45.3 Å². The summed E-state index contributed by atoms with van der Waals surface area (Å²) in [6, 6.07) is 0. The number of hydrogen-bond acceptors (Lipinski definition) is 4. The van der Waals surface area contributed by atoms with Gasteiger partial charge >= 0.3 is 5.97 Å². The number of allylic oxidation sites excluding steroid dienone is 1. The van der Waals surface area contributed by atoms with E-state index in [4.69, 9.17) is 4.74 Å². The molecule has 4 heteroatoms. The third-order valence-corrected chi connectivity index (χ3v) is 10.9. The summed E-state index contributed by atoms with van der Waals surface area (Å²) in [4.78, 5) is 12.3. The van der Waals surface area contributed by atoms with Crippen molar-refractivity contribution in [2.45, 2.75) is 92.0 Å². The van der Waals surface area contributed by atoms with Crippen LogP contribution in [0.1, 0.15) is 79.6 Å². The summed E-state index contributed by atoms with van der Waals surface area (Å²) in [7, 11) is 0. The molecule has 0 unspecified atom stereocenters. The van der Waals surface area contributed by atoms with Gasteiger partial charge in [-0.15, -0.1) is 0 Å². The van der Waals surface area contributed by atoms with Crippen molar-refractivity contribution in [2.75, 3.05) is 0 Å². The van der Waals surface area contributed by atoms with Crippen molar-refractivity contribution in [3.8, 4) is 0 Å². The third-order valence-electron chi connectivity index (χ3n) is 10.9. The maximum Gasteiger partial charge on any atom is 0.336 e. The van der Waals surface area contributed by atoms with Crippen LogP contribution in [0.2, 0.25) is 0 Å². The summed E-state index contributed by atoms with van der Waals surface area (Å²) in [5.74, 6) is 0.632. The zero-order valence-corrected chi connectivity index (χ0v) is 18.7. The minimum absolute atomic E-state index is 0.111. The monoisotopic (exact) mass is 402 g/mol. The van der Waals surface area contributed by atoms with E-state index in [0.29, 0.717) is 22.8 Å². The molecule has 1 heterocycles. The number of carbonyl (C=O) groups is 1. The van der Waals surface area contributed by atoms with Crippen LogP contribution in [0.15, 0.2) is 11.6 Å². The zero-order valence-electron chi connectivity index (χ0n) is 18.7. The van der Waals surface area contributed by atoms with Crippen LogP contribution in [-0.4, -0.2) is 28.6 Å². The zero-order chi connectivity index (χ0) is 21.0. The Labute approximate surface area is 175 Å². The molecule has 5 aliphatic rings. The highest BCUT2D eigenvalue weighted by Crippen LogP contribution is 2.73. The number of aliphatic hydroxyl groups excluding tert-OH is 2. The fourth-order valence-electron chi connectivity index (χ4n) is 9.63. The molecule has 5 rings (SSSR count). The number of carbonyl (C=O) groups excluding carboxylic acids is 1. The molecular weight excluding hydrogens is 364 g/mol. The molecule has 0 radical (unpaired) electrons. The maximum atomic E-state index is 12.3. The first kappa shape index (κ1) is 20.1. The second-order valence-electron chi connectivity index (χ2n) is 12.3. The molecule has 0 bridgehead atoms. The summed E-state index contributed by atoms with van der Waals surface area (Å²) in [5, 5.41) is 22.2. The van der Waals surface area contributed by atoms with Crippen LogP contribution >= 0.6 is 0 Å². The Hall–Kier alpha value is -0.870. The van der Waals surface area contributed by atoms with Crippen molar-refractivity contribution in [2.24, 2.45) is 45.3 Å². The smallest absolute Gasteiger partial charge is 0.336 e. The first-order chi connectivity index (χ1) is 13.5. The Morgan fingerprint density at radius 2 is 1.66 bits per heavy atom. The van der Waals surface area contributed by atoms with E-state index in [1.807, 2.05) is 6.08 Å². The number of fused-ring (bicyclic) bond motifs is 7. The molecule has 0 aromatic rings. The van der Waals surface area contributed by atoms with E-state index in [1.165, 1.54) is 32.1 Å². The van der Waals surface area contributed by atoms with Crippen molar-refractivity contribution in [3.63, 3.8) is 0 Å². The van der Waals surface area contributed by atoms with Gasteiger partial charge in [0, 0.05) is 11.0 Å². The van der Waals surface area contributed by atoms with Crippen LogP contribution in [0.25, 0.3) is 0 Å². The van der Waals surface area contributed by atoms with Gasteiger partial charge in [-0.1, -0.05) is 47.1 Å². The molecule has 162 valence electrons. The third kappa shape index (κ3) is 2.31. The summed E-state index contributed by atoms with van der Waals surface area (Å²) in [6.07, 6.45) is 8.21. The van der Waals surface area contributed by atoms with Gasteiger partial charge in [-0.3, -0.25) is 0 Å². The Morgan fingerprint density at radius 1 is 0.966 bits per heavy atom. The topological polar surface area (TPSA) is 66.8 Å². The van der Waals surface area contributed by atoms with Gasteiger partial charge in [-0.05, 0) is 72.5 Å². The molecule has 2 N–H and O–H groups in total. The van der Waals surface area contributed by atoms with E-state index in [1.54, 1.807) is 0 Å². The van der Waals surface area contributed by atoms with Gasteiger partial charge in [0.15, 0.2) is 0 Å². The van der Waals surface area contributed by atoms with Crippen LogP contribution < -0.4 is 0 Å². The maximum absolute atomic E-state index is 12.3. The van der Waals surface area contributed by atoms with Crippen molar-refractivity contribution < 1.29 is 19.7 Å². The molecule has 1 saturated heterocycles. The quantitative estimate of drug-likeness (QED) is 0.588. The lowest BCUT2D eigenvalue weighted by Crippen LogP contribution is -2.66. The van der Waals surface area contributed by atoms with Gasteiger partial charge in [-0.25, -0.2) is 4.79 Å². The molecule has 0 aromatic carbocycles. The molecule has 29 heavy (non-hydrogen) atoms. The largest absolute Gasteiger partial charge is 0.432 e. The average Bonchev–Trinajstić information content (AvgIpc) is 2.91. The Balaban J connectivity index is 1.60. The van der Waals surface area contributed by atoms with Crippen molar-refractivity contribution in [3.05, 3.63) is 11.6 Å². The van der Waals surface area contributed by atoms with Gasteiger partial charge in [0.1, 0.15) is 0 Å². The fourth-order valence-corrected chi connectivity index (χ4v) is 9.63. The SMILES string of the molecule is CC1(C)CCC[C@]2(C)[C@H]3C[C@H](O)[C@]4(C)[C@@H]5C(=CC[C@H]4[C@]3(C)CC[C@@H]12)C(=O)O[C@@H]5O. The number of aliphatic hydroxyl groups is 2. The van der Waals surface area contributed by atoms with Gasteiger partial charge in [0.25, 0.3) is 0 Å². The summed E-state index contributed by atoms with van der Waals surface area (Å²) in [6.45, 7) is 12.0.